The minimum atomic E-state index is -0.188. The molecule has 0 aliphatic carbocycles. The van der Waals surface area contributed by atoms with Crippen molar-refractivity contribution in [3.05, 3.63) is 100 Å². The Labute approximate surface area is 241 Å². The first kappa shape index (κ1) is 27.4. The molecule has 2 atom stereocenters. The number of hydrogen-bond acceptors (Lipinski definition) is 4. The number of aryl methyl sites for hydroxylation is 4. The van der Waals surface area contributed by atoms with E-state index in [0.29, 0.717) is 16.5 Å². The van der Waals surface area contributed by atoms with Gasteiger partial charge < -0.3 is 24.8 Å². The van der Waals surface area contributed by atoms with E-state index in [2.05, 4.69) is 72.9 Å². The minimum absolute atomic E-state index is 0.173. The summed E-state index contributed by atoms with van der Waals surface area (Å²) in [7, 11) is 1.59. The summed E-state index contributed by atoms with van der Waals surface area (Å²) >= 11 is 5.96. The summed E-state index contributed by atoms with van der Waals surface area (Å²) in [6.45, 7) is 12.3. The van der Waals surface area contributed by atoms with E-state index in [1.807, 2.05) is 42.6 Å². The maximum Gasteiger partial charge on any atom is 0.221 e. The third-order valence-corrected chi connectivity index (χ3v) is 7.83. The Morgan fingerprint density at radius 2 is 1.75 bits per heavy atom. The number of anilines is 2. The third-order valence-electron chi connectivity index (χ3n) is 7.52. The molecule has 0 unspecified atom stereocenters. The molecule has 4 aromatic rings. The lowest BCUT2D eigenvalue weighted by atomic mass is 9.96. The van der Waals surface area contributed by atoms with E-state index in [4.69, 9.17) is 21.9 Å². The van der Waals surface area contributed by atoms with Gasteiger partial charge in [0.25, 0.3) is 0 Å². The Hall–Kier alpha value is -4.17. The summed E-state index contributed by atoms with van der Waals surface area (Å²) in [6, 6.07) is 18.0. The van der Waals surface area contributed by atoms with Gasteiger partial charge in [0.2, 0.25) is 5.91 Å². The van der Waals surface area contributed by atoms with Crippen LogP contribution in [0.25, 0.3) is 5.69 Å². The molecule has 1 saturated heterocycles. The molecule has 1 aliphatic rings. The van der Waals surface area contributed by atoms with Gasteiger partial charge in [-0.3, -0.25) is 9.78 Å². The number of benzene rings is 2. The molecule has 0 radical (unpaired) electrons. The number of pyridine rings is 1. The largest absolute Gasteiger partial charge is 0.495 e. The van der Waals surface area contributed by atoms with Crippen molar-refractivity contribution in [2.45, 2.75) is 53.6 Å². The summed E-state index contributed by atoms with van der Waals surface area (Å²) in [4.78, 5) is 18.8. The zero-order valence-corrected chi connectivity index (χ0v) is 24.8. The van der Waals surface area contributed by atoms with E-state index in [9.17, 15) is 4.79 Å². The Balaban J connectivity index is 1.71. The van der Waals surface area contributed by atoms with Crippen molar-refractivity contribution in [1.29, 1.82) is 0 Å². The topological polar surface area (TPSA) is 71.4 Å². The Bertz CT molecular complexity index is 1590. The van der Waals surface area contributed by atoms with Gasteiger partial charge in [0, 0.05) is 30.2 Å². The lowest BCUT2D eigenvalue weighted by Crippen LogP contribution is -2.29. The van der Waals surface area contributed by atoms with Crippen LogP contribution in [0.3, 0.4) is 0 Å². The number of aromatic nitrogens is 2. The smallest absolute Gasteiger partial charge is 0.221 e. The Morgan fingerprint density at radius 1 is 1.02 bits per heavy atom. The molecule has 8 heteroatoms. The quantitative estimate of drug-likeness (QED) is 0.264. The van der Waals surface area contributed by atoms with E-state index >= 15 is 0 Å². The fraction of sp³-hybridized carbons (Fsp3) is 0.281. The normalized spacial score (nSPS) is 16.7. The van der Waals surface area contributed by atoms with Crippen LogP contribution in [0.2, 0.25) is 0 Å². The highest BCUT2D eigenvalue weighted by Gasteiger charge is 2.42. The van der Waals surface area contributed by atoms with Crippen LogP contribution in [-0.2, 0) is 4.79 Å². The van der Waals surface area contributed by atoms with Crippen molar-refractivity contribution in [1.82, 2.24) is 14.9 Å². The number of carbonyl (C=O) groups is 1. The summed E-state index contributed by atoms with van der Waals surface area (Å²) in [5.41, 5.74) is 10.7. The van der Waals surface area contributed by atoms with Crippen LogP contribution in [0.5, 0.6) is 5.75 Å². The SMILES string of the molecule is COc1ccc(N2C(=S)N[C@@H](c3ccccn3)[C@H]2c2cc(C)n(-c3c(C)cc(C)cc3C)c2C)cc1NC(C)=O. The van der Waals surface area contributed by atoms with Gasteiger partial charge in [-0.05, 0) is 99.9 Å². The highest BCUT2D eigenvalue weighted by Crippen LogP contribution is 2.45. The van der Waals surface area contributed by atoms with Gasteiger partial charge in [0.1, 0.15) is 5.75 Å². The lowest BCUT2D eigenvalue weighted by molar-refractivity contribution is -0.114. The molecule has 1 amide bonds. The van der Waals surface area contributed by atoms with Gasteiger partial charge in [-0.2, -0.15) is 0 Å². The Morgan fingerprint density at radius 3 is 2.38 bits per heavy atom. The molecule has 0 bridgehead atoms. The molecular formula is C32H35N5O2S. The average Bonchev–Trinajstić information content (AvgIpc) is 3.39. The van der Waals surface area contributed by atoms with Crippen LogP contribution in [0.1, 0.15) is 58.3 Å². The van der Waals surface area contributed by atoms with Crippen molar-refractivity contribution in [2.75, 3.05) is 17.3 Å². The fourth-order valence-corrected chi connectivity index (χ4v) is 6.38. The van der Waals surface area contributed by atoms with Crippen molar-refractivity contribution in [2.24, 2.45) is 0 Å². The van der Waals surface area contributed by atoms with Gasteiger partial charge in [-0.1, -0.05) is 23.8 Å². The molecule has 206 valence electrons. The molecular weight excluding hydrogens is 518 g/mol. The number of methoxy groups -OCH3 is 1. The lowest BCUT2D eigenvalue weighted by Gasteiger charge is -2.29. The molecule has 7 nitrogen and oxygen atoms in total. The summed E-state index contributed by atoms with van der Waals surface area (Å²) in [5.74, 6) is 0.409. The number of amides is 1. The number of carbonyl (C=O) groups excluding carboxylic acids is 1. The number of thiocarbonyl (C=S) groups is 1. The second-order valence-corrected chi connectivity index (χ2v) is 10.9. The van der Waals surface area contributed by atoms with Crippen LogP contribution in [0, 0.1) is 34.6 Å². The third kappa shape index (κ3) is 4.84. The average molecular weight is 554 g/mol. The first-order chi connectivity index (χ1) is 19.1. The van der Waals surface area contributed by atoms with Crippen molar-refractivity contribution in [3.63, 3.8) is 0 Å². The van der Waals surface area contributed by atoms with E-state index < -0.39 is 0 Å². The Kier molecular flexibility index (Phi) is 7.38. The van der Waals surface area contributed by atoms with Crippen LogP contribution >= 0.6 is 12.2 Å². The van der Waals surface area contributed by atoms with Gasteiger partial charge in [0.05, 0.1) is 36.3 Å². The van der Waals surface area contributed by atoms with E-state index in [1.54, 1.807) is 7.11 Å². The van der Waals surface area contributed by atoms with Crippen molar-refractivity contribution in [3.8, 4) is 11.4 Å². The van der Waals surface area contributed by atoms with E-state index in [0.717, 1.165) is 28.3 Å². The first-order valence-corrected chi connectivity index (χ1v) is 13.7. The van der Waals surface area contributed by atoms with Gasteiger partial charge in [-0.15, -0.1) is 0 Å². The monoisotopic (exact) mass is 553 g/mol. The summed E-state index contributed by atoms with van der Waals surface area (Å²) in [6.07, 6.45) is 1.81. The van der Waals surface area contributed by atoms with E-state index in [1.165, 1.54) is 29.3 Å². The minimum Gasteiger partial charge on any atom is -0.495 e. The fourth-order valence-electron chi connectivity index (χ4n) is 6.04. The second kappa shape index (κ2) is 10.8. The molecule has 0 saturated carbocycles. The van der Waals surface area contributed by atoms with Crippen LogP contribution in [-0.4, -0.2) is 27.7 Å². The predicted molar refractivity (Wildman–Crippen MR) is 165 cm³/mol. The highest BCUT2D eigenvalue weighted by molar-refractivity contribution is 7.80. The molecule has 0 spiro atoms. The van der Waals surface area contributed by atoms with Crippen LogP contribution in [0.4, 0.5) is 11.4 Å². The molecule has 1 aliphatic heterocycles. The molecule has 2 N–H and O–H groups in total. The first-order valence-electron chi connectivity index (χ1n) is 13.3. The van der Waals surface area contributed by atoms with Gasteiger partial charge in [0.15, 0.2) is 5.11 Å². The van der Waals surface area contributed by atoms with Crippen molar-refractivity contribution >= 4 is 34.6 Å². The summed E-state index contributed by atoms with van der Waals surface area (Å²) in [5, 5.41) is 7.03. The van der Waals surface area contributed by atoms with Gasteiger partial charge >= 0.3 is 0 Å². The number of ether oxygens (including phenoxy) is 1. The van der Waals surface area contributed by atoms with E-state index in [-0.39, 0.29) is 18.0 Å². The number of rotatable bonds is 6. The zero-order chi connectivity index (χ0) is 28.7. The van der Waals surface area contributed by atoms with Gasteiger partial charge in [-0.25, -0.2) is 0 Å². The van der Waals surface area contributed by atoms with Crippen LogP contribution < -0.4 is 20.3 Å². The van der Waals surface area contributed by atoms with Crippen molar-refractivity contribution < 1.29 is 9.53 Å². The molecule has 3 heterocycles. The number of nitrogens with zero attached hydrogens (tertiary/aromatic N) is 3. The molecule has 2 aromatic carbocycles. The molecule has 40 heavy (non-hydrogen) atoms. The zero-order valence-electron chi connectivity index (χ0n) is 24.0. The maximum absolute atomic E-state index is 12.0. The number of hydrogen-bond donors (Lipinski definition) is 2. The standard InChI is InChI=1S/C32H35N5O2S/c1-18-14-19(2)30(20(3)15-18)36-21(4)16-25(22(36)5)31-29(26-10-8-9-13-33-26)35-32(40)37(31)24-11-12-28(39-7)27(17-24)34-23(6)38/h8-17,29,31H,1-7H3,(H,34,38)(H,35,40)/t29-,31+/m0/s1. The summed E-state index contributed by atoms with van der Waals surface area (Å²) < 4.78 is 7.87. The predicted octanol–water partition coefficient (Wildman–Crippen LogP) is 6.56. The maximum atomic E-state index is 12.0. The number of nitrogens with one attached hydrogen (secondary N) is 2. The molecule has 1 fully saturated rings. The van der Waals surface area contributed by atoms with Crippen LogP contribution in [0.15, 0.2) is 60.8 Å². The highest BCUT2D eigenvalue weighted by atomic mass is 32.1. The second-order valence-electron chi connectivity index (χ2n) is 10.5. The molecule has 5 rings (SSSR count). The molecule has 2 aromatic heterocycles.